The predicted molar refractivity (Wildman–Crippen MR) is 69.8 cm³/mol. The summed E-state index contributed by atoms with van der Waals surface area (Å²) in [6.07, 6.45) is 5.80. The van der Waals surface area contributed by atoms with Crippen LogP contribution >= 0.6 is 11.6 Å². The number of hydrogen-bond acceptors (Lipinski definition) is 4. The van der Waals surface area contributed by atoms with E-state index in [1.54, 1.807) is 4.90 Å². The van der Waals surface area contributed by atoms with Gasteiger partial charge in [0, 0.05) is 13.1 Å². The van der Waals surface area contributed by atoms with E-state index >= 15 is 0 Å². The van der Waals surface area contributed by atoms with Gasteiger partial charge < -0.3 is 10.2 Å². The Morgan fingerprint density at radius 3 is 2.58 bits per heavy atom. The van der Waals surface area contributed by atoms with E-state index in [-0.39, 0.29) is 23.3 Å². The SMILES string of the molecule is O=C(NCC(=O)N1CCCCC1)c1cnc(Cl)cn1. The van der Waals surface area contributed by atoms with Gasteiger partial charge in [-0.05, 0) is 19.3 Å². The molecule has 7 heteroatoms. The van der Waals surface area contributed by atoms with Gasteiger partial charge >= 0.3 is 0 Å². The van der Waals surface area contributed by atoms with Crippen LogP contribution in [0.5, 0.6) is 0 Å². The molecule has 0 aromatic carbocycles. The van der Waals surface area contributed by atoms with E-state index in [9.17, 15) is 9.59 Å². The number of aromatic nitrogens is 2. The van der Waals surface area contributed by atoms with Gasteiger partial charge in [0.1, 0.15) is 10.8 Å². The van der Waals surface area contributed by atoms with Crippen molar-refractivity contribution >= 4 is 23.4 Å². The van der Waals surface area contributed by atoms with Gasteiger partial charge in [-0.1, -0.05) is 11.6 Å². The molecular weight excluding hydrogens is 268 g/mol. The number of rotatable bonds is 3. The van der Waals surface area contributed by atoms with Crippen LogP contribution in [-0.2, 0) is 4.79 Å². The van der Waals surface area contributed by atoms with Crippen LogP contribution in [0, 0.1) is 0 Å². The molecule has 2 heterocycles. The zero-order valence-corrected chi connectivity index (χ0v) is 11.2. The molecule has 1 N–H and O–H groups in total. The first-order chi connectivity index (χ1) is 9.16. The second-order valence-electron chi connectivity index (χ2n) is 4.35. The average Bonchev–Trinajstić information content (AvgIpc) is 2.46. The summed E-state index contributed by atoms with van der Waals surface area (Å²) in [6, 6.07) is 0. The minimum absolute atomic E-state index is 0.0108. The molecule has 19 heavy (non-hydrogen) atoms. The molecule has 2 rings (SSSR count). The zero-order valence-electron chi connectivity index (χ0n) is 10.4. The molecular formula is C12H15ClN4O2. The van der Waals surface area contributed by atoms with E-state index in [4.69, 9.17) is 11.6 Å². The van der Waals surface area contributed by atoms with E-state index in [1.165, 1.54) is 12.4 Å². The third-order valence-electron chi connectivity index (χ3n) is 2.96. The molecule has 102 valence electrons. The van der Waals surface area contributed by atoms with Crippen molar-refractivity contribution in [3.05, 3.63) is 23.2 Å². The second-order valence-corrected chi connectivity index (χ2v) is 4.74. The van der Waals surface area contributed by atoms with E-state index in [1.807, 2.05) is 0 Å². The molecule has 0 atom stereocenters. The number of amides is 2. The van der Waals surface area contributed by atoms with Gasteiger partial charge in [-0.25, -0.2) is 9.97 Å². The van der Waals surface area contributed by atoms with Crippen molar-refractivity contribution in [1.29, 1.82) is 0 Å². The number of nitrogens with one attached hydrogen (secondary N) is 1. The summed E-state index contributed by atoms with van der Waals surface area (Å²) in [5.74, 6) is -0.482. The second kappa shape index (κ2) is 6.47. The van der Waals surface area contributed by atoms with Gasteiger partial charge in [0.05, 0.1) is 18.9 Å². The molecule has 1 aromatic rings. The average molecular weight is 283 g/mol. The van der Waals surface area contributed by atoms with Crippen molar-refractivity contribution in [1.82, 2.24) is 20.2 Å². The van der Waals surface area contributed by atoms with Gasteiger partial charge in [0.15, 0.2) is 0 Å². The molecule has 0 aliphatic carbocycles. The van der Waals surface area contributed by atoms with Gasteiger partial charge in [-0.15, -0.1) is 0 Å². The number of carbonyl (C=O) groups is 2. The summed E-state index contributed by atoms with van der Waals surface area (Å²) in [6.45, 7) is 1.54. The van der Waals surface area contributed by atoms with Crippen molar-refractivity contribution < 1.29 is 9.59 Å². The van der Waals surface area contributed by atoms with E-state index < -0.39 is 5.91 Å². The first-order valence-corrected chi connectivity index (χ1v) is 6.58. The molecule has 0 radical (unpaired) electrons. The summed E-state index contributed by atoms with van der Waals surface area (Å²) in [7, 11) is 0. The van der Waals surface area contributed by atoms with E-state index in [2.05, 4.69) is 15.3 Å². The van der Waals surface area contributed by atoms with Crippen LogP contribution in [0.25, 0.3) is 0 Å². The Morgan fingerprint density at radius 2 is 1.95 bits per heavy atom. The Balaban J connectivity index is 1.82. The molecule has 1 saturated heterocycles. The molecule has 0 unspecified atom stereocenters. The highest BCUT2D eigenvalue weighted by atomic mass is 35.5. The monoisotopic (exact) mass is 282 g/mol. The standard InChI is InChI=1S/C12H15ClN4O2/c13-10-7-14-9(6-15-10)12(19)16-8-11(18)17-4-2-1-3-5-17/h6-7H,1-5,8H2,(H,16,19). The van der Waals surface area contributed by atoms with Crippen LogP contribution in [0.15, 0.2) is 12.4 Å². The Labute approximate surface area is 116 Å². The highest BCUT2D eigenvalue weighted by molar-refractivity contribution is 6.29. The van der Waals surface area contributed by atoms with Crippen LogP contribution in [0.1, 0.15) is 29.8 Å². The minimum Gasteiger partial charge on any atom is -0.342 e. The molecule has 6 nitrogen and oxygen atoms in total. The predicted octanol–water partition coefficient (Wildman–Crippen LogP) is 0.872. The smallest absolute Gasteiger partial charge is 0.271 e. The minimum atomic E-state index is -0.422. The summed E-state index contributed by atoms with van der Waals surface area (Å²) in [5.41, 5.74) is 0.149. The van der Waals surface area contributed by atoms with Crippen molar-refractivity contribution in [2.45, 2.75) is 19.3 Å². The Bertz CT molecular complexity index is 457. The van der Waals surface area contributed by atoms with Crippen molar-refractivity contribution in [3.8, 4) is 0 Å². The van der Waals surface area contributed by atoms with Crippen molar-refractivity contribution in [2.24, 2.45) is 0 Å². The third-order valence-corrected chi connectivity index (χ3v) is 3.16. The Morgan fingerprint density at radius 1 is 1.21 bits per heavy atom. The van der Waals surface area contributed by atoms with Crippen molar-refractivity contribution in [2.75, 3.05) is 19.6 Å². The highest BCUT2D eigenvalue weighted by Gasteiger charge is 2.17. The lowest BCUT2D eigenvalue weighted by Gasteiger charge is -2.26. The van der Waals surface area contributed by atoms with Gasteiger partial charge in [-0.2, -0.15) is 0 Å². The van der Waals surface area contributed by atoms with Gasteiger partial charge in [0.25, 0.3) is 5.91 Å². The molecule has 1 aliphatic heterocycles. The Kier molecular flexibility index (Phi) is 4.68. The Hall–Kier alpha value is -1.69. The lowest BCUT2D eigenvalue weighted by molar-refractivity contribution is -0.130. The van der Waals surface area contributed by atoms with E-state index in [0.717, 1.165) is 32.4 Å². The number of likely N-dealkylation sites (tertiary alicyclic amines) is 1. The van der Waals surface area contributed by atoms with Crippen LogP contribution in [0.4, 0.5) is 0 Å². The molecule has 2 amide bonds. The first-order valence-electron chi connectivity index (χ1n) is 6.20. The maximum absolute atomic E-state index is 11.8. The number of hydrogen-bond donors (Lipinski definition) is 1. The maximum Gasteiger partial charge on any atom is 0.271 e. The summed E-state index contributed by atoms with van der Waals surface area (Å²) in [4.78, 5) is 32.9. The molecule has 1 aromatic heterocycles. The van der Waals surface area contributed by atoms with Gasteiger partial charge in [0.2, 0.25) is 5.91 Å². The number of nitrogens with zero attached hydrogens (tertiary/aromatic N) is 3. The van der Waals surface area contributed by atoms with Crippen LogP contribution < -0.4 is 5.32 Å². The fourth-order valence-electron chi connectivity index (χ4n) is 1.93. The molecule has 0 saturated carbocycles. The molecule has 0 spiro atoms. The number of carbonyl (C=O) groups excluding carboxylic acids is 2. The topological polar surface area (TPSA) is 75.2 Å². The fourth-order valence-corrected chi connectivity index (χ4v) is 2.03. The summed E-state index contributed by atoms with van der Waals surface area (Å²) in [5, 5.41) is 2.76. The largest absolute Gasteiger partial charge is 0.342 e. The van der Waals surface area contributed by atoms with Crippen molar-refractivity contribution in [3.63, 3.8) is 0 Å². The number of piperidine rings is 1. The number of halogens is 1. The quantitative estimate of drug-likeness (QED) is 0.893. The molecule has 1 aliphatic rings. The highest BCUT2D eigenvalue weighted by Crippen LogP contribution is 2.08. The summed E-state index contributed by atoms with van der Waals surface area (Å²) >= 11 is 5.58. The zero-order chi connectivity index (χ0) is 13.7. The first kappa shape index (κ1) is 13.7. The fraction of sp³-hybridized carbons (Fsp3) is 0.500. The summed E-state index contributed by atoms with van der Waals surface area (Å²) < 4.78 is 0. The maximum atomic E-state index is 11.8. The molecule has 0 bridgehead atoms. The lowest BCUT2D eigenvalue weighted by Crippen LogP contribution is -2.42. The van der Waals surface area contributed by atoms with Crippen LogP contribution in [0.3, 0.4) is 0 Å². The van der Waals surface area contributed by atoms with Gasteiger partial charge in [-0.3, -0.25) is 9.59 Å². The van der Waals surface area contributed by atoms with E-state index in [0.29, 0.717) is 0 Å². The normalized spacial score (nSPS) is 15.1. The van der Waals surface area contributed by atoms with Crippen LogP contribution in [0.2, 0.25) is 5.15 Å². The lowest BCUT2D eigenvalue weighted by atomic mass is 10.1. The molecule has 1 fully saturated rings. The van der Waals surface area contributed by atoms with Crippen LogP contribution in [-0.4, -0.2) is 46.3 Å². The third kappa shape index (κ3) is 3.89.